The Morgan fingerprint density at radius 2 is 1.88 bits per heavy atom. The van der Waals surface area contributed by atoms with Crippen LogP contribution in [0.5, 0.6) is 0 Å². The number of rotatable bonds is 3. The van der Waals surface area contributed by atoms with Gasteiger partial charge in [-0.2, -0.15) is 0 Å². The van der Waals surface area contributed by atoms with E-state index in [1.165, 1.54) is 19.2 Å². The summed E-state index contributed by atoms with van der Waals surface area (Å²) >= 11 is 0. The number of nitrogens with one attached hydrogen (secondary N) is 1. The van der Waals surface area contributed by atoms with Gasteiger partial charge in [0.2, 0.25) is 0 Å². The van der Waals surface area contributed by atoms with E-state index in [4.69, 9.17) is 4.65 Å². The van der Waals surface area contributed by atoms with Crippen LogP contribution in [-0.2, 0) is 15.8 Å². The minimum absolute atomic E-state index is 0.308. The number of fused-ring (bicyclic) bond motifs is 1. The number of amides is 1. The molecule has 1 heterocycles. The van der Waals surface area contributed by atoms with Gasteiger partial charge in [-0.25, -0.2) is 4.79 Å². The minimum atomic E-state index is -0.968. The summed E-state index contributed by atoms with van der Waals surface area (Å²) in [6.45, 7) is 0.479. The molecule has 0 radical (unpaired) electrons. The molecule has 2 N–H and O–H groups in total. The van der Waals surface area contributed by atoms with Crippen LogP contribution >= 0.6 is 0 Å². The Bertz CT molecular complexity index is 775. The van der Waals surface area contributed by atoms with Crippen LogP contribution in [0, 0.1) is 0 Å². The minimum Gasteiger partial charge on any atom is -0.465 e. The zero-order chi connectivity index (χ0) is 17.1. The fraction of sp³-hybridized carbons (Fsp3) is 0.176. The lowest BCUT2D eigenvalue weighted by Crippen LogP contribution is -2.41. The third-order valence-corrected chi connectivity index (χ3v) is 3.89. The molecule has 2 aromatic rings. The Morgan fingerprint density at radius 3 is 2.58 bits per heavy atom. The van der Waals surface area contributed by atoms with Crippen molar-refractivity contribution in [3.8, 4) is 0 Å². The van der Waals surface area contributed by atoms with Gasteiger partial charge in [-0.15, -0.1) is 0 Å². The van der Waals surface area contributed by atoms with E-state index in [1.54, 1.807) is 24.3 Å². The molecule has 0 unspecified atom stereocenters. The molecule has 0 bridgehead atoms. The second kappa shape index (κ2) is 6.86. The number of methoxy groups -OCH3 is 1. The Hall–Kier alpha value is -2.64. The molecule has 1 aliphatic heterocycles. The summed E-state index contributed by atoms with van der Waals surface area (Å²) in [6.07, 6.45) is 0.732. The van der Waals surface area contributed by atoms with E-state index in [-0.39, 0.29) is 5.91 Å². The van der Waals surface area contributed by atoms with Gasteiger partial charge in [0.25, 0.3) is 5.91 Å². The van der Waals surface area contributed by atoms with Gasteiger partial charge in [0.05, 0.1) is 12.7 Å². The predicted molar refractivity (Wildman–Crippen MR) is 89.4 cm³/mol. The molecule has 0 fully saturated rings. The standard InChI is InChI=1S/C17H16BNO5/c1-23-17(21)13-4-2-12(3-5-13)16(20)19-14-7-6-11-8-9-24-18(22)15(11)10-14/h2-7,10,22H,8-9H2,1H3,(H,19,20). The molecule has 1 amide bonds. The van der Waals surface area contributed by atoms with Crippen molar-refractivity contribution >= 4 is 30.1 Å². The number of esters is 1. The molecule has 7 heteroatoms. The maximum atomic E-state index is 12.3. The third-order valence-electron chi connectivity index (χ3n) is 3.89. The maximum absolute atomic E-state index is 12.3. The highest BCUT2D eigenvalue weighted by Gasteiger charge is 2.25. The molecular formula is C17H16BNO5. The summed E-state index contributed by atoms with van der Waals surface area (Å²) in [4.78, 5) is 23.7. The van der Waals surface area contributed by atoms with Crippen molar-refractivity contribution in [2.45, 2.75) is 6.42 Å². The van der Waals surface area contributed by atoms with Crippen LogP contribution in [0.1, 0.15) is 26.3 Å². The molecule has 0 spiro atoms. The van der Waals surface area contributed by atoms with E-state index in [1.807, 2.05) is 6.07 Å². The molecule has 0 aromatic heterocycles. The quantitative estimate of drug-likeness (QED) is 0.649. The zero-order valence-corrected chi connectivity index (χ0v) is 13.1. The maximum Gasteiger partial charge on any atom is 0.491 e. The average Bonchev–Trinajstić information content (AvgIpc) is 2.62. The Kier molecular flexibility index (Phi) is 4.64. The van der Waals surface area contributed by atoms with Gasteiger partial charge >= 0.3 is 13.1 Å². The summed E-state index contributed by atoms with van der Waals surface area (Å²) in [6, 6.07) is 11.5. The highest BCUT2D eigenvalue weighted by Crippen LogP contribution is 2.14. The number of ether oxygens (including phenoxy) is 1. The Morgan fingerprint density at radius 1 is 1.17 bits per heavy atom. The predicted octanol–water partition coefficient (Wildman–Crippen LogP) is 0.986. The van der Waals surface area contributed by atoms with Crippen LogP contribution in [-0.4, -0.2) is 37.7 Å². The van der Waals surface area contributed by atoms with Crippen LogP contribution in [0.25, 0.3) is 0 Å². The van der Waals surface area contributed by atoms with Gasteiger partial charge in [0.1, 0.15) is 0 Å². The molecule has 122 valence electrons. The third kappa shape index (κ3) is 3.32. The molecule has 0 saturated heterocycles. The van der Waals surface area contributed by atoms with Crippen molar-refractivity contribution in [2.24, 2.45) is 0 Å². The van der Waals surface area contributed by atoms with Gasteiger partial charge in [0.15, 0.2) is 0 Å². The van der Waals surface area contributed by atoms with Gasteiger partial charge in [0, 0.05) is 17.9 Å². The number of hydrogen-bond donors (Lipinski definition) is 2. The molecule has 1 aliphatic rings. The lowest BCUT2D eigenvalue weighted by molar-refractivity contribution is 0.0600. The fourth-order valence-corrected chi connectivity index (χ4v) is 2.58. The van der Waals surface area contributed by atoms with Crippen molar-refractivity contribution in [1.29, 1.82) is 0 Å². The van der Waals surface area contributed by atoms with E-state index in [2.05, 4.69) is 10.1 Å². The highest BCUT2D eigenvalue weighted by atomic mass is 16.5. The zero-order valence-electron chi connectivity index (χ0n) is 13.1. The van der Waals surface area contributed by atoms with Crippen molar-refractivity contribution in [1.82, 2.24) is 0 Å². The van der Waals surface area contributed by atoms with Crippen molar-refractivity contribution in [3.63, 3.8) is 0 Å². The van der Waals surface area contributed by atoms with Crippen LogP contribution in [0.2, 0.25) is 0 Å². The first kappa shape index (κ1) is 16.2. The van der Waals surface area contributed by atoms with Crippen LogP contribution in [0.4, 0.5) is 5.69 Å². The first-order chi connectivity index (χ1) is 11.6. The van der Waals surface area contributed by atoms with E-state index in [0.717, 1.165) is 12.0 Å². The van der Waals surface area contributed by atoms with E-state index in [9.17, 15) is 14.6 Å². The fourth-order valence-electron chi connectivity index (χ4n) is 2.58. The van der Waals surface area contributed by atoms with Crippen LogP contribution in [0.3, 0.4) is 0 Å². The van der Waals surface area contributed by atoms with Gasteiger partial charge in [-0.05, 0) is 53.8 Å². The second-order valence-corrected chi connectivity index (χ2v) is 5.41. The molecular weight excluding hydrogens is 309 g/mol. The van der Waals surface area contributed by atoms with Crippen molar-refractivity contribution < 1.29 is 24.0 Å². The Balaban J connectivity index is 1.75. The highest BCUT2D eigenvalue weighted by molar-refractivity contribution is 6.61. The average molecular weight is 325 g/mol. The lowest BCUT2D eigenvalue weighted by atomic mass is 9.73. The van der Waals surface area contributed by atoms with Gasteiger partial charge < -0.3 is 19.7 Å². The number of benzene rings is 2. The number of carbonyl (C=O) groups is 2. The normalized spacial score (nSPS) is 13.2. The van der Waals surface area contributed by atoms with E-state index < -0.39 is 13.1 Å². The van der Waals surface area contributed by atoms with Crippen LogP contribution in [0.15, 0.2) is 42.5 Å². The summed E-state index contributed by atoms with van der Waals surface area (Å²) in [5, 5.41) is 12.6. The van der Waals surface area contributed by atoms with Crippen molar-refractivity contribution in [2.75, 3.05) is 19.0 Å². The summed E-state index contributed by atoms with van der Waals surface area (Å²) in [5.74, 6) is -0.761. The molecule has 3 rings (SSSR count). The molecule has 2 aromatic carbocycles. The second-order valence-electron chi connectivity index (χ2n) is 5.41. The molecule has 6 nitrogen and oxygen atoms in total. The first-order valence-corrected chi connectivity index (χ1v) is 7.50. The topological polar surface area (TPSA) is 84.9 Å². The number of hydrogen-bond acceptors (Lipinski definition) is 5. The molecule has 24 heavy (non-hydrogen) atoms. The SMILES string of the molecule is COC(=O)c1ccc(C(=O)Nc2ccc3c(c2)B(O)OCC3)cc1. The first-order valence-electron chi connectivity index (χ1n) is 7.50. The Labute approximate surface area is 139 Å². The number of carbonyl (C=O) groups excluding carboxylic acids is 2. The van der Waals surface area contributed by atoms with E-state index >= 15 is 0 Å². The summed E-state index contributed by atoms with van der Waals surface area (Å²) < 4.78 is 9.81. The van der Waals surface area contributed by atoms with Gasteiger partial charge in [-0.3, -0.25) is 4.79 Å². The smallest absolute Gasteiger partial charge is 0.465 e. The monoisotopic (exact) mass is 325 g/mol. The van der Waals surface area contributed by atoms with Crippen molar-refractivity contribution in [3.05, 3.63) is 59.2 Å². The lowest BCUT2D eigenvalue weighted by Gasteiger charge is -2.19. The number of anilines is 1. The largest absolute Gasteiger partial charge is 0.491 e. The molecule has 0 atom stereocenters. The van der Waals surface area contributed by atoms with Gasteiger partial charge in [-0.1, -0.05) is 6.07 Å². The summed E-state index contributed by atoms with van der Waals surface area (Å²) in [7, 11) is 0.335. The van der Waals surface area contributed by atoms with E-state index in [0.29, 0.717) is 28.9 Å². The molecule has 0 saturated carbocycles. The molecule has 0 aliphatic carbocycles. The van der Waals surface area contributed by atoms with Crippen LogP contribution < -0.4 is 10.8 Å². The summed E-state index contributed by atoms with van der Waals surface area (Å²) in [5.41, 5.74) is 3.04.